The molecule has 24 heavy (non-hydrogen) atoms. The predicted molar refractivity (Wildman–Crippen MR) is 89.7 cm³/mol. The van der Waals surface area contributed by atoms with Crippen LogP contribution in [0.1, 0.15) is 48.2 Å². The summed E-state index contributed by atoms with van der Waals surface area (Å²) in [5.41, 5.74) is 0.819. The van der Waals surface area contributed by atoms with Gasteiger partial charge in [0.15, 0.2) is 0 Å². The third-order valence-electron chi connectivity index (χ3n) is 4.87. The summed E-state index contributed by atoms with van der Waals surface area (Å²) in [6.07, 6.45) is 5.01. The van der Waals surface area contributed by atoms with Crippen LogP contribution in [0.2, 0.25) is 0 Å². The van der Waals surface area contributed by atoms with Crippen LogP contribution < -0.4 is 0 Å². The first-order valence-corrected chi connectivity index (χ1v) is 9.51. The number of hydrogen-bond acceptors (Lipinski definition) is 4. The number of carbonyl (C=O) groups is 1. The van der Waals surface area contributed by atoms with Gasteiger partial charge >= 0.3 is 5.97 Å². The SMILES string of the molecule is Cc1c(C(=O)O)oc2ccc(S(=O)(=O)N(C)C3CCCCC3)cc12. The van der Waals surface area contributed by atoms with Crippen molar-refractivity contribution in [3.05, 3.63) is 29.5 Å². The van der Waals surface area contributed by atoms with E-state index in [1.54, 1.807) is 14.0 Å². The zero-order chi connectivity index (χ0) is 17.5. The molecule has 1 aromatic carbocycles. The second-order valence-electron chi connectivity index (χ2n) is 6.33. The number of fused-ring (bicyclic) bond motifs is 1. The van der Waals surface area contributed by atoms with Crippen molar-refractivity contribution < 1.29 is 22.7 Å². The fourth-order valence-electron chi connectivity index (χ4n) is 3.37. The van der Waals surface area contributed by atoms with Gasteiger partial charge in [-0.05, 0) is 38.0 Å². The Morgan fingerprint density at radius 2 is 1.92 bits per heavy atom. The maximum Gasteiger partial charge on any atom is 0.372 e. The number of sulfonamides is 1. The summed E-state index contributed by atoms with van der Waals surface area (Å²) in [5.74, 6) is -1.31. The van der Waals surface area contributed by atoms with Gasteiger partial charge < -0.3 is 9.52 Å². The maximum absolute atomic E-state index is 12.9. The van der Waals surface area contributed by atoms with Gasteiger partial charge in [-0.2, -0.15) is 4.31 Å². The van der Waals surface area contributed by atoms with Gasteiger partial charge in [0.2, 0.25) is 15.8 Å². The van der Waals surface area contributed by atoms with Crippen molar-refractivity contribution in [2.24, 2.45) is 0 Å². The third-order valence-corrected chi connectivity index (χ3v) is 6.77. The Morgan fingerprint density at radius 3 is 2.54 bits per heavy atom. The summed E-state index contributed by atoms with van der Waals surface area (Å²) < 4.78 is 32.6. The lowest BCUT2D eigenvalue weighted by molar-refractivity contribution is 0.0664. The molecule has 2 aromatic rings. The molecule has 0 amide bonds. The van der Waals surface area contributed by atoms with Gasteiger partial charge in [0.25, 0.3) is 0 Å². The van der Waals surface area contributed by atoms with Gasteiger partial charge in [-0.25, -0.2) is 13.2 Å². The van der Waals surface area contributed by atoms with Crippen LogP contribution in [0.3, 0.4) is 0 Å². The van der Waals surface area contributed by atoms with E-state index in [9.17, 15) is 13.2 Å². The number of rotatable bonds is 4. The number of furan rings is 1. The minimum Gasteiger partial charge on any atom is -0.475 e. The molecule has 6 nitrogen and oxygen atoms in total. The fourth-order valence-corrected chi connectivity index (χ4v) is 4.81. The standard InChI is InChI=1S/C17H21NO5S/c1-11-14-10-13(8-9-15(14)23-16(11)17(19)20)24(21,22)18(2)12-6-4-3-5-7-12/h8-10,12H,3-7H2,1-2H3,(H,19,20). The summed E-state index contributed by atoms with van der Waals surface area (Å²) in [6.45, 7) is 1.62. The Hall–Kier alpha value is -1.86. The number of nitrogens with zero attached hydrogens (tertiary/aromatic N) is 1. The van der Waals surface area contributed by atoms with E-state index in [1.165, 1.54) is 22.5 Å². The van der Waals surface area contributed by atoms with Crippen molar-refractivity contribution >= 4 is 27.0 Å². The van der Waals surface area contributed by atoms with Gasteiger partial charge in [0.1, 0.15) is 5.58 Å². The minimum atomic E-state index is -3.61. The normalized spacial score (nSPS) is 16.8. The highest BCUT2D eigenvalue weighted by molar-refractivity contribution is 7.89. The molecule has 1 heterocycles. The number of hydrogen-bond donors (Lipinski definition) is 1. The highest BCUT2D eigenvalue weighted by Gasteiger charge is 2.29. The molecule has 0 unspecified atom stereocenters. The van der Waals surface area contributed by atoms with E-state index >= 15 is 0 Å². The third kappa shape index (κ3) is 2.82. The lowest BCUT2D eigenvalue weighted by Crippen LogP contribution is -2.38. The van der Waals surface area contributed by atoms with Crippen molar-refractivity contribution in [2.45, 2.75) is 50.0 Å². The van der Waals surface area contributed by atoms with Crippen LogP contribution in [-0.4, -0.2) is 36.9 Å². The molecule has 1 saturated carbocycles. The molecular weight excluding hydrogens is 330 g/mol. The summed E-state index contributed by atoms with van der Waals surface area (Å²) in [7, 11) is -1.99. The molecule has 130 valence electrons. The van der Waals surface area contributed by atoms with E-state index in [2.05, 4.69) is 0 Å². The highest BCUT2D eigenvalue weighted by atomic mass is 32.2. The largest absolute Gasteiger partial charge is 0.475 e. The number of aryl methyl sites for hydroxylation is 1. The van der Waals surface area contributed by atoms with Crippen LogP contribution in [0, 0.1) is 6.92 Å². The minimum absolute atomic E-state index is 0.0273. The van der Waals surface area contributed by atoms with Crippen molar-refractivity contribution in [1.82, 2.24) is 4.31 Å². The van der Waals surface area contributed by atoms with E-state index < -0.39 is 16.0 Å². The average molecular weight is 351 g/mol. The zero-order valence-corrected chi connectivity index (χ0v) is 14.6. The van der Waals surface area contributed by atoms with E-state index in [0.29, 0.717) is 16.5 Å². The molecule has 1 aromatic heterocycles. The Bertz CT molecular complexity index is 878. The van der Waals surface area contributed by atoms with Crippen molar-refractivity contribution in [3.63, 3.8) is 0 Å². The van der Waals surface area contributed by atoms with Gasteiger partial charge in [0, 0.05) is 24.0 Å². The van der Waals surface area contributed by atoms with Gasteiger partial charge in [-0.3, -0.25) is 0 Å². The van der Waals surface area contributed by atoms with Gasteiger partial charge in [-0.15, -0.1) is 0 Å². The Balaban J connectivity index is 2.01. The van der Waals surface area contributed by atoms with Crippen LogP contribution >= 0.6 is 0 Å². The predicted octanol–water partition coefficient (Wildman–Crippen LogP) is 3.39. The lowest BCUT2D eigenvalue weighted by Gasteiger charge is -2.30. The first-order valence-electron chi connectivity index (χ1n) is 8.07. The molecule has 1 aliphatic rings. The van der Waals surface area contributed by atoms with Crippen molar-refractivity contribution in [3.8, 4) is 0 Å². The molecule has 0 spiro atoms. The van der Waals surface area contributed by atoms with Crippen LogP contribution in [0.15, 0.2) is 27.5 Å². The Labute approximate surface area is 141 Å². The number of carboxylic acid groups (broad SMARTS) is 1. The van der Waals surface area contributed by atoms with Crippen molar-refractivity contribution in [2.75, 3.05) is 7.05 Å². The van der Waals surface area contributed by atoms with Crippen LogP contribution in [-0.2, 0) is 10.0 Å². The molecule has 1 N–H and O–H groups in total. The summed E-state index contributed by atoms with van der Waals surface area (Å²) in [4.78, 5) is 11.3. The fraction of sp³-hybridized carbons (Fsp3) is 0.471. The maximum atomic E-state index is 12.9. The molecule has 3 rings (SSSR count). The zero-order valence-electron chi connectivity index (χ0n) is 13.8. The molecule has 0 bridgehead atoms. The summed E-state index contributed by atoms with van der Waals surface area (Å²) in [6, 6.07) is 4.54. The molecule has 7 heteroatoms. The molecular formula is C17H21NO5S. The summed E-state index contributed by atoms with van der Waals surface area (Å²) in [5, 5.41) is 9.65. The molecule has 0 aliphatic heterocycles. The van der Waals surface area contributed by atoms with E-state index in [1.807, 2.05) is 0 Å². The molecule has 1 aliphatic carbocycles. The first kappa shape index (κ1) is 17.0. The lowest BCUT2D eigenvalue weighted by atomic mass is 9.96. The van der Waals surface area contributed by atoms with Crippen LogP contribution in [0.5, 0.6) is 0 Å². The molecule has 0 radical (unpaired) electrons. The van der Waals surface area contributed by atoms with Crippen molar-refractivity contribution in [1.29, 1.82) is 0 Å². The second kappa shape index (κ2) is 6.22. The Kier molecular flexibility index (Phi) is 4.40. The number of carboxylic acids is 1. The summed E-state index contributed by atoms with van der Waals surface area (Å²) >= 11 is 0. The van der Waals surface area contributed by atoms with E-state index in [4.69, 9.17) is 9.52 Å². The smallest absolute Gasteiger partial charge is 0.372 e. The quantitative estimate of drug-likeness (QED) is 0.912. The van der Waals surface area contributed by atoms with Gasteiger partial charge in [-0.1, -0.05) is 19.3 Å². The number of aromatic carboxylic acids is 1. The topological polar surface area (TPSA) is 87.8 Å². The van der Waals surface area contributed by atoms with E-state index in [0.717, 1.165) is 32.1 Å². The molecule has 0 saturated heterocycles. The van der Waals surface area contributed by atoms with Gasteiger partial charge in [0.05, 0.1) is 4.90 Å². The Morgan fingerprint density at radius 1 is 1.25 bits per heavy atom. The highest BCUT2D eigenvalue weighted by Crippen LogP contribution is 2.31. The number of benzene rings is 1. The van der Waals surface area contributed by atoms with E-state index in [-0.39, 0.29) is 16.7 Å². The first-order chi connectivity index (χ1) is 11.3. The molecule has 1 fully saturated rings. The van der Waals surface area contributed by atoms with Crippen LogP contribution in [0.4, 0.5) is 0 Å². The monoisotopic (exact) mass is 351 g/mol. The van der Waals surface area contributed by atoms with Crippen LogP contribution in [0.25, 0.3) is 11.0 Å². The second-order valence-corrected chi connectivity index (χ2v) is 8.33. The average Bonchev–Trinajstić information content (AvgIpc) is 2.91. The molecule has 0 atom stereocenters.